The second-order valence-corrected chi connectivity index (χ2v) is 21.7. The summed E-state index contributed by atoms with van der Waals surface area (Å²) >= 11 is 0. The van der Waals surface area contributed by atoms with Crippen molar-refractivity contribution in [3.63, 3.8) is 0 Å². The molecule has 398 valence electrons. The molecule has 3 unspecified atom stereocenters. The van der Waals surface area contributed by atoms with Crippen molar-refractivity contribution in [2.75, 3.05) is 52.5 Å². The van der Waals surface area contributed by atoms with Gasteiger partial charge in [0.2, 0.25) is 0 Å². The summed E-state index contributed by atoms with van der Waals surface area (Å²) in [5.41, 5.74) is 0. The molecule has 0 aromatic rings. The Morgan fingerprint density at radius 1 is 0.433 bits per heavy atom. The Morgan fingerprint density at radius 2 is 0.776 bits per heavy atom. The molecule has 7 nitrogen and oxygen atoms in total. The number of ether oxygens (including phenoxy) is 2. The van der Waals surface area contributed by atoms with E-state index in [1.165, 1.54) is 205 Å². The van der Waals surface area contributed by atoms with Gasteiger partial charge in [-0.15, -0.1) is 0 Å². The molecule has 0 saturated heterocycles. The lowest BCUT2D eigenvalue weighted by atomic mass is 9.90. The molecule has 67 heavy (non-hydrogen) atoms. The van der Waals surface area contributed by atoms with Gasteiger partial charge in [0.15, 0.2) is 0 Å². The molecule has 0 aromatic heterocycles. The highest BCUT2D eigenvalue weighted by atomic mass is 16.5. The summed E-state index contributed by atoms with van der Waals surface area (Å²) in [4.78, 5) is 31.3. The van der Waals surface area contributed by atoms with Gasteiger partial charge in [0.1, 0.15) is 0 Å². The summed E-state index contributed by atoms with van der Waals surface area (Å²) in [6, 6.07) is 0.663. The highest BCUT2D eigenvalue weighted by molar-refractivity contribution is 5.69. The molecule has 0 spiro atoms. The van der Waals surface area contributed by atoms with Crippen LogP contribution in [-0.2, 0) is 19.1 Å². The maximum Gasteiger partial charge on any atom is 0.305 e. The predicted octanol–water partition coefficient (Wildman–Crippen LogP) is 17.0. The van der Waals surface area contributed by atoms with Crippen molar-refractivity contribution >= 4 is 11.9 Å². The van der Waals surface area contributed by atoms with Crippen LogP contribution in [0, 0.1) is 17.8 Å². The SMILES string of the molecule is CCCCCCCCC(CCCCCC)COC(=O)CCCCCN(CCCCCC(=O)OCC(CCCCCC)CCCCCCCC)CCN(CC(CO)CCCCCCC)C1CCC1. The van der Waals surface area contributed by atoms with Gasteiger partial charge in [0, 0.05) is 45.1 Å². The van der Waals surface area contributed by atoms with Crippen LogP contribution in [0.5, 0.6) is 0 Å². The van der Waals surface area contributed by atoms with Gasteiger partial charge in [-0.2, -0.15) is 0 Å². The Bertz CT molecular complexity index is 995. The molecule has 1 aliphatic carbocycles. The van der Waals surface area contributed by atoms with Gasteiger partial charge in [-0.05, 0) is 101 Å². The number of carbonyl (C=O) groups excluding carboxylic acids is 2. The number of unbranched alkanes of at least 4 members (excludes halogenated alkanes) is 24. The first-order valence-electron chi connectivity index (χ1n) is 30.3. The van der Waals surface area contributed by atoms with Crippen molar-refractivity contribution in [2.24, 2.45) is 17.8 Å². The fourth-order valence-electron chi connectivity index (χ4n) is 10.3. The zero-order chi connectivity index (χ0) is 48.7. The van der Waals surface area contributed by atoms with E-state index in [1.807, 2.05) is 0 Å². The lowest BCUT2D eigenvalue weighted by Crippen LogP contribution is -2.47. The summed E-state index contributed by atoms with van der Waals surface area (Å²) in [7, 11) is 0. The number of aliphatic hydroxyl groups excluding tert-OH is 1. The van der Waals surface area contributed by atoms with E-state index in [2.05, 4.69) is 44.4 Å². The molecular formula is C60H118N2O5. The largest absolute Gasteiger partial charge is 0.465 e. The highest BCUT2D eigenvalue weighted by Gasteiger charge is 2.27. The maximum atomic E-state index is 13.0. The molecule has 3 atom stereocenters. The molecule has 1 N–H and O–H groups in total. The third kappa shape index (κ3) is 39.2. The normalized spacial score (nSPS) is 14.4. The van der Waals surface area contributed by atoms with Crippen LogP contribution in [0.25, 0.3) is 0 Å². The Morgan fingerprint density at radius 3 is 1.13 bits per heavy atom. The molecular weight excluding hydrogens is 829 g/mol. The van der Waals surface area contributed by atoms with E-state index in [9.17, 15) is 14.7 Å². The number of nitrogens with zero attached hydrogens (tertiary/aromatic N) is 2. The molecule has 0 radical (unpaired) electrons. The van der Waals surface area contributed by atoms with Gasteiger partial charge in [-0.25, -0.2) is 0 Å². The van der Waals surface area contributed by atoms with Crippen LogP contribution in [0.1, 0.15) is 298 Å². The average Bonchev–Trinajstić information content (AvgIpc) is 3.31. The van der Waals surface area contributed by atoms with E-state index < -0.39 is 0 Å². The minimum atomic E-state index is -0.00266. The van der Waals surface area contributed by atoms with Crippen LogP contribution in [0.3, 0.4) is 0 Å². The topological polar surface area (TPSA) is 79.3 Å². The summed E-state index contributed by atoms with van der Waals surface area (Å²) in [5.74, 6) is 1.39. The minimum absolute atomic E-state index is 0.00266. The quantitative estimate of drug-likeness (QED) is 0.0481. The first-order valence-corrected chi connectivity index (χ1v) is 30.3. The molecule has 1 aliphatic rings. The Hall–Kier alpha value is -1.18. The summed E-state index contributed by atoms with van der Waals surface area (Å²) in [6.45, 7) is 18.1. The van der Waals surface area contributed by atoms with Crippen molar-refractivity contribution in [2.45, 2.75) is 304 Å². The van der Waals surface area contributed by atoms with Gasteiger partial charge in [-0.1, -0.05) is 214 Å². The van der Waals surface area contributed by atoms with Crippen LogP contribution in [0.2, 0.25) is 0 Å². The second kappa shape index (κ2) is 48.4. The number of esters is 2. The minimum Gasteiger partial charge on any atom is -0.465 e. The van der Waals surface area contributed by atoms with Crippen LogP contribution < -0.4 is 0 Å². The van der Waals surface area contributed by atoms with Crippen molar-refractivity contribution in [1.29, 1.82) is 0 Å². The molecule has 7 heteroatoms. The lowest BCUT2D eigenvalue weighted by Gasteiger charge is -2.40. The van der Waals surface area contributed by atoms with E-state index in [0.29, 0.717) is 56.5 Å². The predicted molar refractivity (Wildman–Crippen MR) is 289 cm³/mol. The second-order valence-electron chi connectivity index (χ2n) is 21.7. The number of rotatable bonds is 53. The number of aliphatic hydroxyl groups is 1. The van der Waals surface area contributed by atoms with Gasteiger partial charge >= 0.3 is 11.9 Å². The lowest BCUT2D eigenvalue weighted by molar-refractivity contribution is -0.146. The molecule has 1 saturated carbocycles. The van der Waals surface area contributed by atoms with Gasteiger partial charge in [0.05, 0.1) is 13.2 Å². The van der Waals surface area contributed by atoms with Crippen molar-refractivity contribution in [3.8, 4) is 0 Å². The average molecular weight is 948 g/mol. The number of carbonyl (C=O) groups is 2. The number of hydrogen-bond donors (Lipinski definition) is 1. The fraction of sp³-hybridized carbons (Fsp3) is 0.967. The maximum absolute atomic E-state index is 13.0. The smallest absolute Gasteiger partial charge is 0.305 e. The van der Waals surface area contributed by atoms with E-state index in [1.54, 1.807) is 0 Å². The standard InChI is InChI=1S/C60H118N2O5/c1-6-11-16-21-24-30-40-55(38-28-19-14-9-4)53-66-59(64)45-33-26-35-47-61(49-50-62(58-43-37-44-58)51-57(52-63)42-32-23-18-13-8-3)48-36-27-34-46-60(65)67-54-56(39-29-20-15-10-5)41-31-25-22-17-12-7-2/h55-58,63H,6-54H2,1-5H3. The van der Waals surface area contributed by atoms with E-state index >= 15 is 0 Å². The van der Waals surface area contributed by atoms with E-state index in [-0.39, 0.29) is 11.9 Å². The van der Waals surface area contributed by atoms with E-state index in [4.69, 9.17) is 9.47 Å². The molecule has 0 aliphatic heterocycles. The zero-order valence-corrected chi connectivity index (χ0v) is 45.9. The molecule has 0 amide bonds. The van der Waals surface area contributed by atoms with Crippen molar-refractivity contribution in [1.82, 2.24) is 9.80 Å². The summed E-state index contributed by atoms with van der Waals surface area (Å²) in [6.07, 6.45) is 49.4. The fourth-order valence-corrected chi connectivity index (χ4v) is 10.3. The molecule has 0 bridgehead atoms. The molecule has 1 rings (SSSR count). The molecule has 1 fully saturated rings. The Labute approximate surface area is 418 Å². The zero-order valence-electron chi connectivity index (χ0n) is 45.9. The third-order valence-corrected chi connectivity index (χ3v) is 15.3. The summed E-state index contributed by atoms with van der Waals surface area (Å²) in [5, 5.41) is 10.4. The van der Waals surface area contributed by atoms with Crippen molar-refractivity contribution in [3.05, 3.63) is 0 Å². The van der Waals surface area contributed by atoms with Crippen LogP contribution >= 0.6 is 0 Å². The van der Waals surface area contributed by atoms with E-state index in [0.717, 1.165) is 77.7 Å². The van der Waals surface area contributed by atoms with Gasteiger partial charge in [0.25, 0.3) is 0 Å². The van der Waals surface area contributed by atoms with Crippen LogP contribution in [0.15, 0.2) is 0 Å². The summed E-state index contributed by atoms with van der Waals surface area (Å²) < 4.78 is 11.9. The third-order valence-electron chi connectivity index (χ3n) is 15.3. The molecule has 0 aromatic carbocycles. The first-order chi connectivity index (χ1) is 32.9. The molecule has 0 heterocycles. The first kappa shape index (κ1) is 63.8. The van der Waals surface area contributed by atoms with Crippen molar-refractivity contribution < 1.29 is 24.2 Å². The van der Waals surface area contributed by atoms with Gasteiger partial charge < -0.3 is 19.5 Å². The van der Waals surface area contributed by atoms with Crippen LogP contribution in [-0.4, -0.2) is 85.4 Å². The number of hydrogen-bond acceptors (Lipinski definition) is 7. The Balaban J connectivity index is 2.69. The van der Waals surface area contributed by atoms with Gasteiger partial charge in [-0.3, -0.25) is 14.5 Å². The highest BCUT2D eigenvalue weighted by Crippen LogP contribution is 2.27. The van der Waals surface area contributed by atoms with Crippen LogP contribution in [0.4, 0.5) is 0 Å². The Kier molecular flexibility index (Phi) is 46.2. The monoisotopic (exact) mass is 947 g/mol.